The highest BCUT2D eigenvalue weighted by atomic mass is 16.6. The van der Waals surface area contributed by atoms with E-state index in [-0.39, 0.29) is 22.6 Å². The molecule has 2 N–H and O–H groups in total. The van der Waals surface area contributed by atoms with Crippen LogP contribution in [0.15, 0.2) is 71.8 Å². The average molecular weight is 450 g/mol. The summed E-state index contributed by atoms with van der Waals surface area (Å²) in [6, 6.07) is 14.1. The van der Waals surface area contributed by atoms with Gasteiger partial charge in [-0.15, -0.1) is 0 Å². The van der Waals surface area contributed by atoms with Crippen LogP contribution in [0.5, 0.6) is 11.5 Å². The van der Waals surface area contributed by atoms with E-state index in [4.69, 9.17) is 4.74 Å². The molecule has 0 heterocycles. The molecule has 0 saturated carbocycles. The second-order valence-electron chi connectivity index (χ2n) is 6.46. The van der Waals surface area contributed by atoms with Crippen LogP contribution in [0.3, 0.4) is 0 Å². The van der Waals surface area contributed by atoms with E-state index >= 15 is 0 Å². The van der Waals surface area contributed by atoms with Gasteiger partial charge in [-0.1, -0.05) is 18.2 Å². The lowest BCUT2D eigenvalue weighted by Gasteiger charge is -2.05. The highest BCUT2D eigenvalue weighted by Crippen LogP contribution is 2.24. The van der Waals surface area contributed by atoms with Gasteiger partial charge in [0.25, 0.3) is 17.3 Å². The molecular weight excluding hydrogens is 436 g/mol. The lowest BCUT2D eigenvalue weighted by Crippen LogP contribution is -2.17. The number of phenolic OH excluding ortho intramolecular Hbond substituents is 1. The zero-order chi connectivity index (χ0) is 24.0. The first-order chi connectivity index (χ1) is 15.7. The minimum atomic E-state index is -1.03. The number of nitro groups is 2. The number of hydrazone groups is 1. The van der Waals surface area contributed by atoms with Crippen LogP contribution in [0.2, 0.25) is 0 Å². The molecule has 1 amide bonds. The van der Waals surface area contributed by atoms with Crippen LogP contribution < -0.4 is 10.2 Å². The number of carbonyl (C=O) groups is 2. The summed E-state index contributed by atoms with van der Waals surface area (Å²) in [5.74, 6) is -1.63. The van der Waals surface area contributed by atoms with Gasteiger partial charge in [-0.2, -0.15) is 5.10 Å². The monoisotopic (exact) mass is 450 g/mol. The Hall–Kier alpha value is -5.13. The molecule has 3 aromatic rings. The summed E-state index contributed by atoms with van der Waals surface area (Å²) in [5, 5.41) is 35.2. The molecule has 0 saturated heterocycles. The molecule has 3 aromatic carbocycles. The molecule has 0 aliphatic carbocycles. The van der Waals surface area contributed by atoms with Crippen molar-refractivity contribution in [2.24, 2.45) is 5.10 Å². The lowest BCUT2D eigenvalue weighted by atomic mass is 10.1. The molecule has 12 heteroatoms. The summed E-state index contributed by atoms with van der Waals surface area (Å²) in [5.41, 5.74) is 1.29. The lowest BCUT2D eigenvalue weighted by molar-refractivity contribution is -0.394. The number of amides is 1. The zero-order valence-corrected chi connectivity index (χ0v) is 16.6. The van der Waals surface area contributed by atoms with Crippen molar-refractivity contribution in [3.63, 3.8) is 0 Å². The molecule has 0 aliphatic rings. The Labute approximate surface area is 185 Å². The van der Waals surface area contributed by atoms with Crippen molar-refractivity contribution in [1.29, 1.82) is 0 Å². The van der Waals surface area contributed by atoms with Gasteiger partial charge in [-0.3, -0.25) is 25.0 Å². The van der Waals surface area contributed by atoms with E-state index in [0.717, 1.165) is 18.2 Å². The van der Waals surface area contributed by atoms with Crippen LogP contribution in [0.1, 0.15) is 26.3 Å². The van der Waals surface area contributed by atoms with Crippen molar-refractivity contribution in [3.8, 4) is 11.5 Å². The Kier molecular flexibility index (Phi) is 6.69. The number of aromatic hydroxyl groups is 1. The standard InChI is InChI=1S/C21H14N4O8/c26-18-5-2-4-14(10-18)20(27)23-22-12-13-3-1-6-19(7-13)33-21(28)15-8-16(24(29)30)11-17(9-15)25(31)32/h1-12,26H,(H,23,27)/b22-12+. The predicted octanol–water partition coefficient (Wildman–Crippen LogP) is 3.19. The van der Waals surface area contributed by atoms with Crippen molar-refractivity contribution in [2.75, 3.05) is 0 Å². The minimum Gasteiger partial charge on any atom is -0.508 e. The van der Waals surface area contributed by atoms with Gasteiger partial charge in [0.1, 0.15) is 11.5 Å². The zero-order valence-electron chi connectivity index (χ0n) is 16.6. The fourth-order valence-electron chi connectivity index (χ4n) is 2.63. The van der Waals surface area contributed by atoms with Crippen molar-refractivity contribution in [2.45, 2.75) is 0 Å². The largest absolute Gasteiger partial charge is 0.508 e. The first-order valence-corrected chi connectivity index (χ1v) is 9.11. The maximum absolute atomic E-state index is 12.4. The van der Waals surface area contributed by atoms with Gasteiger partial charge in [0, 0.05) is 17.7 Å². The fourth-order valence-corrected chi connectivity index (χ4v) is 2.63. The average Bonchev–Trinajstić information content (AvgIpc) is 2.78. The van der Waals surface area contributed by atoms with Gasteiger partial charge >= 0.3 is 5.97 Å². The molecule has 0 atom stereocenters. The van der Waals surface area contributed by atoms with Crippen molar-refractivity contribution >= 4 is 29.5 Å². The number of hydrogen-bond acceptors (Lipinski definition) is 9. The van der Waals surface area contributed by atoms with E-state index in [2.05, 4.69) is 10.5 Å². The Balaban J connectivity index is 1.71. The number of hydrogen-bond donors (Lipinski definition) is 2. The van der Waals surface area contributed by atoms with Crippen LogP contribution >= 0.6 is 0 Å². The number of rotatable bonds is 7. The Morgan fingerprint density at radius 3 is 2.21 bits per heavy atom. The van der Waals surface area contributed by atoms with E-state index in [1.54, 1.807) is 6.07 Å². The molecule has 33 heavy (non-hydrogen) atoms. The molecule has 0 spiro atoms. The van der Waals surface area contributed by atoms with Gasteiger partial charge < -0.3 is 9.84 Å². The topological polar surface area (TPSA) is 174 Å². The van der Waals surface area contributed by atoms with Gasteiger partial charge in [-0.05, 0) is 35.9 Å². The van der Waals surface area contributed by atoms with Crippen LogP contribution in [0.4, 0.5) is 11.4 Å². The minimum absolute atomic E-state index is 0.0393. The smallest absolute Gasteiger partial charge is 0.344 e. The van der Waals surface area contributed by atoms with Crippen LogP contribution in [0.25, 0.3) is 0 Å². The molecular formula is C21H14N4O8. The SMILES string of the molecule is O=C(N/N=C/c1cccc(OC(=O)c2cc([N+](=O)[O-])cc([N+](=O)[O-])c2)c1)c1cccc(O)c1. The molecule has 3 rings (SSSR count). The number of nitrogens with one attached hydrogen (secondary N) is 1. The number of carbonyl (C=O) groups excluding carboxylic acids is 2. The number of esters is 1. The summed E-state index contributed by atoms with van der Waals surface area (Å²) < 4.78 is 5.16. The molecule has 166 valence electrons. The van der Waals surface area contributed by atoms with Crippen LogP contribution in [-0.2, 0) is 0 Å². The first-order valence-electron chi connectivity index (χ1n) is 9.11. The van der Waals surface area contributed by atoms with E-state index in [0.29, 0.717) is 5.56 Å². The summed E-state index contributed by atoms with van der Waals surface area (Å²) in [6.07, 6.45) is 1.27. The molecule has 0 radical (unpaired) electrons. The van der Waals surface area contributed by atoms with Crippen molar-refractivity contribution in [1.82, 2.24) is 5.43 Å². The number of nitro benzene ring substituents is 2. The summed E-state index contributed by atoms with van der Waals surface area (Å²) in [6.45, 7) is 0. The second-order valence-corrected chi connectivity index (χ2v) is 6.46. The second kappa shape index (κ2) is 9.78. The Morgan fingerprint density at radius 2 is 1.58 bits per heavy atom. The number of nitrogens with zero attached hydrogens (tertiary/aromatic N) is 3. The van der Waals surface area contributed by atoms with Gasteiger partial charge in [0.15, 0.2) is 0 Å². The highest BCUT2D eigenvalue weighted by Gasteiger charge is 2.21. The third-order valence-corrected chi connectivity index (χ3v) is 4.12. The Bertz CT molecular complexity index is 1260. The normalized spacial score (nSPS) is 10.5. The van der Waals surface area contributed by atoms with Gasteiger partial charge in [0.2, 0.25) is 0 Å². The molecule has 12 nitrogen and oxygen atoms in total. The summed E-state index contributed by atoms with van der Waals surface area (Å²) in [4.78, 5) is 44.6. The molecule has 0 fully saturated rings. The fraction of sp³-hybridized carbons (Fsp3) is 0. The third kappa shape index (κ3) is 5.95. The number of non-ortho nitro benzene ring substituents is 2. The summed E-state index contributed by atoms with van der Waals surface area (Å²) in [7, 11) is 0. The first kappa shape index (κ1) is 22.6. The van der Waals surface area contributed by atoms with Crippen LogP contribution in [0, 0.1) is 20.2 Å². The maximum Gasteiger partial charge on any atom is 0.344 e. The molecule has 0 unspecified atom stereocenters. The number of benzene rings is 3. The number of phenols is 1. The molecule has 0 aromatic heterocycles. The predicted molar refractivity (Wildman–Crippen MR) is 114 cm³/mol. The summed E-state index contributed by atoms with van der Waals surface area (Å²) >= 11 is 0. The third-order valence-electron chi connectivity index (χ3n) is 4.12. The van der Waals surface area contributed by atoms with Crippen molar-refractivity contribution in [3.05, 3.63) is 104 Å². The quantitative estimate of drug-likeness (QED) is 0.181. The molecule has 0 aliphatic heterocycles. The maximum atomic E-state index is 12.4. The highest BCUT2D eigenvalue weighted by molar-refractivity contribution is 5.95. The van der Waals surface area contributed by atoms with Crippen molar-refractivity contribution < 1.29 is 29.3 Å². The van der Waals surface area contributed by atoms with Gasteiger partial charge in [-0.25, -0.2) is 10.2 Å². The van der Waals surface area contributed by atoms with E-state index in [1.165, 1.54) is 48.7 Å². The van der Waals surface area contributed by atoms with Crippen LogP contribution in [-0.4, -0.2) is 33.0 Å². The molecule has 0 bridgehead atoms. The van der Waals surface area contributed by atoms with E-state index < -0.39 is 33.1 Å². The van der Waals surface area contributed by atoms with E-state index in [1.807, 2.05) is 0 Å². The Morgan fingerprint density at radius 1 is 0.909 bits per heavy atom. The van der Waals surface area contributed by atoms with E-state index in [9.17, 15) is 34.9 Å². The number of ether oxygens (including phenoxy) is 1. The van der Waals surface area contributed by atoms with Gasteiger partial charge in [0.05, 0.1) is 27.7 Å².